The van der Waals surface area contributed by atoms with Crippen LogP contribution in [0.2, 0.25) is 0 Å². The zero-order chi connectivity index (χ0) is 11.7. The number of pyridine rings is 1. The van der Waals surface area contributed by atoms with Gasteiger partial charge in [-0.05, 0) is 12.5 Å². The molecule has 1 aromatic rings. The number of carbonyl (C=O) groups excluding carboxylic acids is 1. The van der Waals surface area contributed by atoms with Gasteiger partial charge in [-0.2, -0.15) is 0 Å². The first kappa shape index (κ1) is 13.4. The third kappa shape index (κ3) is 5.00. The Bertz CT molecular complexity index is 300. The Morgan fingerprint density at radius 1 is 1.47 bits per heavy atom. The molecule has 0 unspecified atom stereocenters. The van der Waals surface area contributed by atoms with Crippen LogP contribution >= 0.6 is 0 Å². The van der Waals surface area contributed by atoms with Gasteiger partial charge >= 0.3 is 0 Å². The Morgan fingerprint density at radius 2 is 2.13 bits per heavy atom. The van der Waals surface area contributed by atoms with Crippen LogP contribution in [0.5, 0.6) is 0 Å². The van der Waals surface area contributed by atoms with Crippen LogP contribution < -0.4 is 11.1 Å². The number of nitrogens with zero attached hydrogens (tertiary/aromatic N) is 1. The summed E-state index contributed by atoms with van der Waals surface area (Å²) in [6, 6.07) is 1.61. The molecule has 1 amide bonds. The van der Waals surface area contributed by atoms with E-state index in [1.165, 1.54) is 12.4 Å². The predicted octanol–water partition coefficient (Wildman–Crippen LogP) is 1.83. The van der Waals surface area contributed by atoms with E-state index in [-0.39, 0.29) is 5.91 Å². The summed E-state index contributed by atoms with van der Waals surface area (Å²) in [5.74, 6) is -0.123. The molecule has 0 saturated carbocycles. The molecule has 0 fully saturated rings. The molecule has 4 heteroatoms. The van der Waals surface area contributed by atoms with Gasteiger partial charge in [0.1, 0.15) is 0 Å². The minimum atomic E-state index is -0.123. The molecule has 0 saturated heterocycles. The number of nitrogen functional groups attached to an aromatic ring is 1. The lowest BCUT2D eigenvalue weighted by Crippen LogP contribution is -2.24. The van der Waals surface area contributed by atoms with Gasteiger partial charge in [-0.3, -0.25) is 9.78 Å². The lowest BCUT2D eigenvalue weighted by Gasteiger charge is -2.02. The molecule has 0 aromatic carbocycles. The quantitative estimate of drug-likeness (QED) is 0.798. The van der Waals surface area contributed by atoms with E-state index in [9.17, 15) is 4.79 Å². The van der Waals surface area contributed by atoms with Crippen molar-refractivity contribution in [1.29, 1.82) is 0 Å². The highest BCUT2D eigenvalue weighted by Crippen LogP contribution is 2.03. The van der Waals surface area contributed by atoms with E-state index in [2.05, 4.69) is 10.3 Å². The molecule has 84 valence electrons. The van der Waals surface area contributed by atoms with E-state index in [4.69, 9.17) is 5.73 Å². The summed E-state index contributed by atoms with van der Waals surface area (Å²) in [5.41, 5.74) is 6.49. The fourth-order valence-electron chi connectivity index (χ4n) is 0.922. The van der Waals surface area contributed by atoms with E-state index < -0.39 is 0 Å². The Kier molecular flexibility index (Phi) is 6.97. The predicted molar refractivity (Wildman–Crippen MR) is 62.6 cm³/mol. The first-order valence-electron chi connectivity index (χ1n) is 5.22. The molecular formula is C11H19N3O. The summed E-state index contributed by atoms with van der Waals surface area (Å²) >= 11 is 0. The first-order chi connectivity index (χ1) is 7.24. The topological polar surface area (TPSA) is 68.0 Å². The Hall–Kier alpha value is -1.58. The Balaban J connectivity index is 0.000000921. The third-order valence-corrected chi connectivity index (χ3v) is 1.56. The van der Waals surface area contributed by atoms with Crippen molar-refractivity contribution < 1.29 is 4.79 Å². The number of amides is 1. The summed E-state index contributed by atoms with van der Waals surface area (Å²) in [6.45, 7) is 6.67. The minimum Gasteiger partial charge on any atom is -0.397 e. The van der Waals surface area contributed by atoms with Gasteiger partial charge < -0.3 is 11.1 Å². The average Bonchev–Trinajstić information content (AvgIpc) is 2.28. The number of carbonyl (C=O) groups is 1. The molecule has 0 spiro atoms. The van der Waals surface area contributed by atoms with Crippen LogP contribution in [0.3, 0.4) is 0 Å². The van der Waals surface area contributed by atoms with Crippen molar-refractivity contribution in [3.8, 4) is 0 Å². The monoisotopic (exact) mass is 209 g/mol. The van der Waals surface area contributed by atoms with E-state index in [0.29, 0.717) is 17.8 Å². The molecule has 0 aliphatic rings. The second-order valence-corrected chi connectivity index (χ2v) is 2.76. The van der Waals surface area contributed by atoms with Crippen LogP contribution in [0.1, 0.15) is 37.6 Å². The SMILES string of the molecule is CC.CCCNC(=O)c1cncc(N)c1. The van der Waals surface area contributed by atoms with Crippen LogP contribution in [0, 0.1) is 0 Å². The van der Waals surface area contributed by atoms with Crippen molar-refractivity contribution in [2.24, 2.45) is 0 Å². The number of hydrogen-bond acceptors (Lipinski definition) is 3. The van der Waals surface area contributed by atoms with Crippen molar-refractivity contribution in [2.75, 3.05) is 12.3 Å². The van der Waals surface area contributed by atoms with Crippen molar-refractivity contribution in [2.45, 2.75) is 27.2 Å². The third-order valence-electron chi connectivity index (χ3n) is 1.56. The van der Waals surface area contributed by atoms with Gasteiger partial charge in [0.15, 0.2) is 0 Å². The molecule has 0 radical (unpaired) electrons. The highest BCUT2D eigenvalue weighted by atomic mass is 16.1. The standard InChI is InChI=1S/C9H13N3O.C2H6/c1-2-3-12-9(13)7-4-8(10)6-11-5-7;1-2/h4-6H,2-3,10H2,1H3,(H,12,13);1-2H3. The zero-order valence-electron chi connectivity index (χ0n) is 9.58. The normalized spacial score (nSPS) is 8.73. The number of aromatic nitrogens is 1. The summed E-state index contributed by atoms with van der Waals surface area (Å²) in [6.07, 6.45) is 3.93. The molecule has 1 aromatic heterocycles. The maximum absolute atomic E-state index is 11.3. The van der Waals surface area contributed by atoms with Crippen LogP contribution in [0.25, 0.3) is 0 Å². The van der Waals surface area contributed by atoms with Crippen LogP contribution in [0.15, 0.2) is 18.5 Å². The minimum absolute atomic E-state index is 0.123. The van der Waals surface area contributed by atoms with Gasteiger partial charge in [-0.1, -0.05) is 20.8 Å². The maximum Gasteiger partial charge on any atom is 0.252 e. The zero-order valence-corrected chi connectivity index (χ0v) is 9.58. The molecule has 0 bridgehead atoms. The molecular weight excluding hydrogens is 190 g/mol. The summed E-state index contributed by atoms with van der Waals surface area (Å²) in [4.78, 5) is 15.2. The van der Waals surface area contributed by atoms with Crippen LogP contribution in [-0.2, 0) is 0 Å². The van der Waals surface area contributed by atoms with Gasteiger partial charge in [0.2, 0.25) is 0 Å². The Morgan fingerprint density at radius 3 is 2.67 bits per heavy atom. The highest BCUT2D eigenvalue weighted by Gasteiger charge is 2.03. The fourth-order valence-corrected chi connectivity index (χ4v) is 0.922. The summed E-state index contributed by atoms with van der Waals surface area (Å²) in [5, 5.41) is 2.74. The molecule has 1 rings (SSSR count). The molecule has 0 aliphatic carbocycles. The maximum atomic E-state index is 11.3. The first-order valence-corrected chi connectivity index (χ1v) is 5.22. The van der Waals surface area contributed by atoms with Gasteiger partial charge in [-0.15, -0.1) is 0 Å². The van der Waals surface area contributed by atoms with Gasteiger partial charge in [0, 0.05) is 18.9 Å². The second-order valence-electron chi connectivity index (χ2n) is 2.76. The molecule has 1 heterocycles. The van der Waals surface area contributed by atoms with Crippen LogP contribution in [0.4, 0.5) is 5.69 Å². The lowest BCUT2D eigenvalue weighted by molar-refractivity contribution is 0.0953. The number of anilines is 1. The lowest BCUT2D eigenvalue weighted by atomic mass is 10.2. The van der Waals surface area contributed by atoms with E-state index >= 15 is 0 Å². The van der Waals surface area contributed by atoms with Crippen LogP contribution in [-0.4, -0.2) is 17.4 Å². The molecule has 0 atom stereocenters. The van der Waals surface area contributed by atoms with E-state index in [0.717, 1.165) is 6.42 Å². The smallest absolute Gasteiger partial charge is 0.252 e. The number of hydrogen-bond donors (Lipinski definition) is 2. The van der Waals surface area contributed by atoms with Gasteiger partial charge in [0.05, 0.1) is 11.3 Å². The van der Waals surface area contributed by atoms with Crippen molar-refractivity contribution >= 4 is 11.6 Å². The average molecular weight is 209 g/mol. The largest absolute Gasteiger partial charge is 0.397 e. The van der Waals surface area contributed by atoms with Crippen molar-refractivity contribution in [3.63, 3.8) is 0 Å². The van der Waals surface area contributed by atoms with Gasteiger partial charge in [0.25, 0.3) is 5.91 Å². The molecule has 15 heavy (non-hydrogen) atoms. The van der Waals surface area contributed by atoms with Crippen molar-refractivity contribution in [3.05, 3.63) is 24.0 Å². The number of rotatable bonds is 3. The molecule has 0 aliphatic heterocycles. The Labute approximate surface area is 90.9 Å². The van der Waals surface area contributed by atoms with Crippen molar-refractivity contribution in [1.82, 2.24) is 10.3 Å². The molecule has 4 nitrogen and oxygen atoms in total. The van der Waals surface area contributed by atoms with Gasteiger partial charge in [-0.25, -0.2) is 0 Å². The second kappa shape index (κ2) is 7.79. The number of nitrogens with one attached hydrogen (secondary N) is 1. The summed E-state index contributed by atoms with van der Waals surface area (Å²) in [7, 11) is 0. The number of nitrogens with two attached hydrogens (primary N) is 1. The molecule has 3 N–H and O–H groups in total. The van der Waals surface area contributed by atoms with E-state index in [1.807, 2.05) is 20.8 Å². The van der Waals surface area contributed by atoms with E-state index in [1.54, 1.807) is 6.07 Å². The summed E-state index contributed by atoms with van der Waals surface area (Å²) < 4.78 is 0. The highest BCUT2D eigenvalue weighted by molar-refractivity contribution is 5.94. The fraction of sp³-hybridized carbons (Fsp3) is 0.455.